The van der Waals surface area contributed by atoms with Crippen molar-refractivity contribution in [3.05, 3.63) is 0 Å². The van der Waals surface area contributed by atoms with Crippen LogP contribution in [-0.4, -0.2) is 34.4 Å². The Bertz CT molecular complexity index is 264. The molecule has 0 aliphatic carbocycles. The number of carbonyl (C=O) groups is 1. The van der Waals surface area contributed by atoms with Gasteiger partial charge in [0, 0.05) is 6.42 Å². The summed E-state index contributed by atoms with van der Waals surface area (Å²) in [6.45, 7) is 3.95. The summed E-state index contributed by atoms with van der Waals surface area (Å²) in [5.41, 5.74) is 0. The van der Waals surface area contributed by atoms with Crippen molar-refractivity contribution in [3.63, 3.8) is 0 Å². The molecule has 0 saturated carbocycles. The summed E-state index contributed by atoms with van der Waals surface area (Å²) in [4.78, 5) is 10.8. The maximum atomic E-state index is 10.8. The molecule has 0 aromatic rings. The summed E-state index contributed by atoms with van der Waals surface area (Å²) in [6, 6.07) is 0. The minimum atomic E-state index is -1.01. The summed E-state index contributed by atoms with van der Waals surface area (Å²) in [6.07, 6.45) is 7.47. The molecule has 0 bridgehead atoms. The molecular formula is C12H21NO2S. The summed E-state index contributed by atoms with van der Waals surface area (Å²) in [5, 5.41) is 11.2. The highest BCUT2D eigenvalue weighted by atomic mass is 32.2. The second-order valence-corrected chi connectivity index (χ2v) is 5.28. The van der Waals surface area contributed by atoms with E-state index in [0.29, 0.717) is 5.04 Å². The molecule has 1 aliphatic rings. The van der Waals surface area contributed by atoms with Crippen LogP contribution in [0.5, 0.6) is 0 Å². The van der Waals surface area contributed by atoms with Gasteiger partial charge in [0.2, 0.25) is 0 Å². The molecule has 4 heteroatoms. The van der Waals surface area contributed by atoms with E-state index in [1.54, 1.807) is 0 Å². The van der Waals surface area contributed by atoms with E-state index in [1.807, 2.05) is 4.58 Å². The Morgan fingerprint density at radius 2 is 2.00 bits per heavy atom. The number of nitrogens with zero attached hydrogens (tertiary/aromatic N) is 1. The number of unbranched alkanes of at least 4 members (excludes halogenated alkanes) is 5. The van der Waals surface area contributed by atoms with E-state index < -0.39 is 5.97 Å². The zero-order chi connectivity index (χ0) is 11.8. The first-order valence-electron chi connectivity index (χ1n) is 6.21. The van der Waals surface area contributed by atoms with E-state index >= 15 is 0 Å². The number of aliphatic carboxylic acids is 1. The molecule has 0 spiro atoms. The van der Waals surface area contributed by atoms with Gasteiger partial charge in [0.15, 0.2) is 6.54 Å². The zero-order valence-electron chi connectivity index (χ0n) is 10.0. The third-order valence-corrected chi connectivity index (χ3v) is 3.93. The molecule has 0 fully saturated rings. The number of hydrogen-bond acceptors (Lipinski definition) is 3. The molecule has 0 unspecified atom stereocenters. The van der Waals surface area contributed by atoms with Crippen LogP contribution in [0.3, 0.4) is 0 Å². The maximum absolute atomic E-state index is 10.8. The molecule has 0 aromatic heterocycles. The first-order valence-corrected chi connectivity index (χ1v) is 7.20. The third kappa shape index (κ3) is 4.56. The van der Waals surface area contributed by atoms with Gasteiger partial charge in [-0.15, -0.1) is 0 Å². The topological polar surface area (TPSA) is 43.1 Å². The molecule has 3 nitrogen and oxygen atoms in total. The Balaban J connectivity index is 2.17. The molecule has 16 heavy (non-hydrogen) atoms. The van der Waals surface area contributed by atoms with Gasteiger partial charge in [-0.2, -0.15) is 0 Å². The van der Waals surface area contributed by atoms with Crippen LogP contribution >= 0.6 is 11.8 Å². The molecule has 92 valence electrons. The van der Waals surface area contributed by atoms with Crippen molar-refractivity contribution in [2.75, 3.05) is 18.8 Å². The Morgan fingerprint density at radius 1 is 1.31 bits per heavy atom. The number of rotatable bonds is 8. The minimum Gasteiger partial charge on any atom is -0.539 e. The Hall–Kier alpha value is -0.510. The summed E-state index contributed by atoms with van der Waals surface area (Å²) in [7, 11) is 0. The van der Waals surface area contributed by atoms with Crippen LogP contribution in [-0.2, 0) is 4.79 Å². The highest BCUT2D eigenvalue weighted by molar-refractivity contribution is 8.15. The monoisotopic (exact) mass is 243 g/mol. The Morgan fingerprint density at radius 3 is 2.69 bits per heavy atom. The van der Waals surface area contributed by atoms with Crippen LogP contribution in [0.2, 0.25) is 0 Å². The smallest absolute Gasteiger partial charge is 0.258 e. The normalized spacial score (nSPS) is 15.8. The van der Waals surface area contributed by atoms with Gasteiger partial charge >= 0.3 is 0 Å². The van der Waals surface area contributed by atoms with Crippen LogP contribution in [0.15, 0.2) is 0 Å². The average molecular weight is 243 g/mol. The molecule has 1 heterocycles. The van der Waals surface area contributed by atoms with Crippen LogP contribution in [0.1, 0.15) is 45.4 Å². The molecular weight excluding hydrogens is 222 g/mol. The Kier molecular flexibility index (Phi) is 6.53. The summed E-state index contributed by atoms with van der Waals surface area (Å²) >= 11 is 1.41. The number of carboxylic acids is 1. The van der Waals surface area contributed by atoms with E-state index in [2.05, 4.69) is 6.92 Å². The van der Waals surface area contributed by atoms with Crippen molar-refractivity contribution in [3.8, 4) is 0 Å². The lowest BCUT2D eigenvalue weighted by atomic mass is 10.1. The predicted molar refractivity (Wildman–Crippen MR) is 65.8 cm³/mol. The first-order chi connectivity index (χ1) is 7.75. The molecule has 0 radical (unpaired) electrons. The molecule has 1 rings (SSSR count). The van der Waals surface area contributed by atoms with Crippen LogP contribution in [0.25, 0.3) is 0 Å². The lowest BCUT2D eigenvalue weighted by Crippen LogP contribution is -2.34. The van der Waals surface area contributed by atoms with Gasteiger partial charge in [0.1, 0.15) is 12.5 Å². The van der Waals surface area contributed by atoms with Gasteiger partial charge in [-0.05, 0) is 18.2 Å². The van der Waals surface area contributed by atoms with Crippen LogP contribution < -0.4 is 5.11 Å². The van der Waals surface area contributed by atoms with Gasteiger partial charge in [-0.1, -0.05) is 32.6 Å². The van der Waals surface area contributed by atoms with Crippen molar-refractivity contribution in [1.29, 1.82) is 0 Å². The number of thioether (sulfide) groups is 1. The van der Waals surface area contributed by atoms with Crippen molar-refractivity contribution >= 4 is 22.8 Å². The van der Waals surface area contributed by atoms with Crippen molar-refractivity contribution < 1.29 is 14.5 Å². The van der Waals surface area contributed by atoms with Crippen molar-refractivity contribution in [1.82, 2.24) is 0 Å². The molecule has 1 aliphatic heterocycles. The molecule has 0 aromatic carbocycles. The summed E-state index contributed by atoms with van der Waals surface area (Å²) in [5.74, 6) is -0.118. The molecule has 0 amide bonds. The predicted octanol–water partition coefficient (Wildman–Crippen LogP) is 1.25. The van der Waals surface area contributed by atoms with Gasteiger partial charge in [0.05, 0.1) is 5.75 Å². The molecule has 0 atom stereocenters. The first kappa shape index (κ1) is 13.6. The van der Waals surface area contributed by atoms with Crippen LogP contribution in [0.4, 0.5) is 0 Å². The summed E-state index contributed by atoms with van der Waals surface area (Å²) < 4.78 is 1.96. The SMILES string of the molecule is CCCCCCCC[N+]1=C(C(=O)[O-])SCC1. The average Bonchev–Trinajstić information content (AvgIpc) is 2.71. The fraction of sp³-hybridized carbons (Fsp3) is 0.833. The van der Waals surface area contributed by atoms with E-state index in [9.17, 15) is 9.90 Å². The standard InChI is InChI=1S/C12H21NO2S/c1-2-3-4-5-6-7-8-13-9-10-16-11(13)12(14)15/h2-10H2,1H3. The van der Waals surface area contributed by atoms with Gasteiger partial charge in [0.25, 0.3) is 5.04 Å². The highest BCUT2D eigenvalue weighted by Crippen LogP contribution is 2.12. The number of hydrogen-bond donors (Lipinski definition) is 0. The second kappa shape index (κ2) is 7.71. The fourth-order valence-corrected chi connectivity index (χ4v) is 2.92. The van der Waals surface area contributed by atoms with Crippen LogP contribution in [0, 0.1) is 0 Å². The van der Waals surface area contributed by atoms with E-state index in [-0.39, 0.29) is 0 Å². The largest absolute Gasteiger partial charge is 0.539 e. The van der Waals surface area contributed by atoms with Crippen molar-refractivity contribution in [2.24, 2.45) is 0 Å². The Labute approximate surface area is 102 Å². The fourth-order valence-electron chi connectivity index (χ4n) is 1.93. The second-order valence-electron chi connectivity index (χ2n) is 4.20. The molecule has 0 saturated heterocycles. The minimum absolute atomic E-state index is 0.438. The number of carboxylic acid groups (broad SMARTS) is 1. The lowest BCUT2D eigenvalue weighted by Gasteiger charge is -2.02. The lowest BCUT2D eigenvalue weighted by molar-refractivity contribution is -0.519. The highest BCUT2D eigenvalue weighted by Gasteiger charge is 2.23. The van der Waals surface area contributed by atoms with Gasteiger partial charge < -0.3 is 9.90 Å². The van der Waals surface area contributed by atoms with Gasteiger partial charge in [-0.3, -0.25) is 0 Å². The zero-order valence-corrected chi connectivity index (χ0v) is 10.9. The quantitative estimate of drug-likeness (QED) is 0.476. The van der Waals surface area contributed by atoms with E-state index in [4.69, 9.17) is 0 Å². The van der Waals surface area contributed by atoms with Crippen molar-refractivity contribution in [2.45, 2.75) is 45.4 Å². The molecule has 0 N–H and O–H groups in total. The number of carbonyl (C=O) groups excluding carboxylic acids is 1. The van der Waals surface area contributed by atoms with E-state index in [0.717, 1.165) is 25.3 Å². The van der Waals surface area contributed by atoms with E-state index in [1.165, 1.54) is 43.9 Å². The maximum Gasteiger partial charge on any atom is 0.258 e. The third-order valence-electron chi connectivity index (χ3n) is 2.84. The van der Waals surface area contributed by atoms with Gasteiger partial charge in [-0.25, -0.2) is 4.58 Å².